The van der Waals surface area contributed by atoms with Crippen molar-refractivity contribution in [3.8, 4) is 0 Å². The van der Waals surface area contributed by atoms with E-state index >= 15 is 0 Å². The number of carbonyl (C=O) groups excluding carboxylic acids is 1. The van der Waals surface area contributed by atoms with Crippen LogP contribution >= 0.6 is 23.4 Å². The summed E-state index contributed by atoms with van der Waals surface area (Å²) in [5, 5.41) is 9.14. The van der Waals surface area contributed by atoms with Crippen molar-refractivity contribution in [1.29, 1.82) is 0 Å². The molecule has 0 fully saturated rings. The van der Waals surface area contributed by atoms with E-state index in [-0.39, 0.29) is 18.0 Å². The fourth-order valence-corrected chi connectivity index (χ4v) is 4.71. The lowest BCUT2D eigenvalue weighted by Crippen LogP contribution is -2.31. The molecular formula is C20H21ClN4OS. The van der Waals surface area contributed by atoms with Gasteiger partial charge in [0.05, 0.1) is 23.5 Å². The number of rotatable bonds is 3. The molecule has 5 nitrogen and oxygen atoms in total. The minimum atomic E-state index is -0.109. The van der Waals surface area contributed by atoms with Crippen LogP contribution in [0.25, 0.3) is 11.0 Å². The van der Waals surface area contributed by atoms with Crippen molar-refractivity contribution in [2.24, 2.45) is 0 Å². The number of amides is 1. The fourth-order valence-electron chi connectivity index (χ4n) is 3.42. The van der Waals surface area contributed by atoms with E-state index in [1.807, 2.05) is 35.9 Å². The maximum atomic E-state index is 13.0. The van der Waals surface area contributed by atoms with Crippen LogP contribution < -0.4 is 5.32 Å². The van der Waals surface area contributed by atoms with E-state index in [0.29, 0.717) is 16.3 Å². The molecule has 7 heteroatoms. The monoisotopic (exact) mass is 400 g/mol. The number of benzene rings is 1. The second-order valence-corrected chi connectivity index (χ2v) is 8.64. The summed E-state index contributed by atoms with van der Waals surface area (Å²) >= 11 is 7.97. The Bertz CT molecular complexity index is 1030. The van der Waals surface area contributed by atoms with Gasteiger partial charge in [-0.05, 0) is 57.0 Å². The molecule has 1 amide bonds. The summed E-state index contributed by atoms with van der Waals surface area (Å²) in [6.07, 6.45) is 2.65. The van der Waals surface area contributed by atoms with Crippen LogP contribution in [0.5, 0.6) is 0 Å². The van der Waals surface area contributed by atoms with Crippen molar-refractivity contribution in [2.45, 2.75) is 44.2 Å². The van der Waals surface area contributed by atoms with Gasteiger partial charge in [-0.1, -0.05) is 11.6 Å². The molecule has 1 atom stereocenters. The minimum absolute atomic E-state index is 0.0408. The predicted molar refractivity (Wildman–Crippen MR) is 110 cm³/mol. The highest BCUT2D eigenvalue weighted by Gasteiger charge is 2.24. The van der Waals surface area contributed by atoms with Crippen LogP contribution in [0.3, 0.4) is 0 Å². The van der Waals surface area contributed by atoms with Gasteiger partial charge in [-0.3, -0.25) is 4.79 Å². The summed E-state index contributed by atoms with van der Waals surface area (Å²) in [4.78, 5) is 18.8. The van der Waals surface area contributed by atoms with Crippen LogP contribution in [-0.4, -0.2) is 26.4 Å². The van der Waals surface area contributed by atoms with Gasteiger partial charge < -0.3 is 5.32 Å². The summed E-state index contributed by atoms with van der Waals surface area (Å²) in [6, 6.07) is 7.94. The molecule has 1 aromatic carbocycles. The summed E-state index contributed by atoms with van der Waals surface area (Å²) in [7, 11) is 0. The Balaban J connectivity index is 1.65. The third-order valence-electron chi connectivity index (χ3n) is 4.81. The first-order valence-corrected chi connectivity index (χ1v) is 10.4. The Hall–Kier alpha value is -2.05. The molecule has 140 valence electrons. The lowest BCUT2D eigenvalue weighted by Gasteiger charge is -2.26. The highest BCUT2D eigenvalue weighted by molar-refractivity contribution is 7.99. The molecule has 3 heterocycles. The molecule has 2 aromatic heterocycles. The van der Waals surface area contributed by atoms with Gasteiger partial charge in [-0.25, -0.2) is 9.67 Å². The van der Waals surface area contributed by atoms with Crippen LogP contribution in [0.2, 0.25) is 5.02 Å². The lowest BCUT2D eigenvalue weighted by molar-refractivity contribution is 0.0934. The number of thioether (sulfide) groups is 1. The van der Waals surface area contributed by atoms with Crippen LogP contribution in [0.1, 0.15) is 54.0 Å². The first-order valence-electron chi connectivity index (χ1n) is 9.02. The zero-order valence-corrected chi connectivity index (χ0v) is 17.1. The SMILES string of the molecule is Cc1nc2c(cnn2C(C)C)cc1C(=O)NC1CCSc2ccc(Cl)cc21. The standard InChI is InChI=1S/C20H21ClN4OS/c1-11(2)25-19-13(10-22-25)8-15(12(3)23-19)20(26)24-17-6-7-27-18-5-4-14(21)9-16(17)18/h4-5,8-11,17H,6-7H2,1-3H3,(H,24,26). The quantitative estimate of drug-likeness (QED) is 0.676. The zero-order chi connectivity index (χ0) is 19.1. The molecule has 1 aliphatic heterocycles. The average Bonchev–Trinajstić information content (AvgIpc) is 3.04. The van der Waals surface area contributed by atoms with Gasteiger partial charge in [0.15, 0.2) is 5.65 Å². The highest BCUT2D eigenvalue weighted by Crippen LogP contribution is 2.37. The molecule has 1 unspecified atom stereocenters. The van der Waals surface area contributed by atoms with E-state index in [9.17, 15) is 4.79 Å². The van der Waals surface area contributed by atoms with Gasteiger partial charge in [-0.2, -0.15) is 5.10 Å². The number of pyridine rings is 1. The third kappa shape index (κ3) is 3.44. The summed E-state index contributed by atoms with van der Waals surface area (Å²) in [5.74, 6) is 0.860. The maximum absolute atomic E-state index is 13.0. The van der Waals surface area contributed by atoms with Crippen LogP contribution in [0.4, 0.5) is 0 Å². The molecular weight excluding hydrogens is 380 g/mol. The van der Waals surface area contributed by atoms with Crippen molar-refractivity contribution in [1.82, 2.24) is 20.1 Å². The molecule has 0 saturated heterocycles. The van der Waals surface area contributed by atoms with Crippen molar-refractivity contribution < 1.29 is 4.79 Å². The summed E-state index contributed by atoms with van der Waals surface area (Å²) in [6.45, 7) is 6.00. The number of aryl methyl sites for hydroxylation is 1. The smallest absolute Gasteiger partial charge is 0.253 e. The average molecular weight is 401 g/mol. The Morgan fingerprint density at radius 1 is 1.37 bits per heavy atom. The highest BCUT2D eigenvalue weighted by atomic mass is 35.5. The zero-order valence-electron chi connectivity index (χ0n) is 15.5. The largest absolute Gasteiger partial charge is 0.345 e. The van der Waals surface area contributed by atoms with Gasteiger partial charge in [0.2, 0.25) is 0 Å². The van der Waals surface area contributed by atoms with Crippen molar-refractivity contribution in [3.63, 3.8) is 0 Å². The molecule has 0 saturated carbocycles. The summed E-state index contributed by atoms with van der Waals surface area (Å²) < 4.78 is 1.88. The lowest BCUT2D eigenvalue weighted by atomic mass is 10.0. The van der Waals surface area contributed by atoms with Gasteiger partial charge in [-0.15, -0.1) is 11.8 Å². The van der Waals surface area contributed by atoms with E-state index in [2.05, 4.69) is 29.2 Å². The molecule has 0 aliphatic carbocycles. The number of nitrogens with one attached hydrogen (secondary N) is 1. The Kier molecular flexibility index (Phi) is 4.86. The fraction of sp³-hybridized carbons (Fsp3) is 0.350. The molecule has 1 aliphatic rings. The van der Waals surface area contributed by atoms with Crippen LogP contribution in [0, 0.1) is 6.92 Å². The Morgan fingerprint density at radius 3 is 2.96 bits per heavy atom. The topological polar surface area (TPSA) is 59.8 Å². The molecule has 27 heavy (non-hydrogen) atoms. The second-order valence-electron chi connectivity index (χ2n) is 7.06. The van der Waals surface area contributed by atoms with Gasteiger partial charge in [0.1, 0.15) is 0 Å². The van der Waals surface area contributed by atoms with E-state index < -0.39 is 0 Å². The number of hydrogen-bond donors (Lipinski definition) is 1. The van der Waals surface area contributed by atoms with Crippen molar-refractivity contribution >= 4 is 40.3 Å². The second kappa shape index (κ2) is 7.17. The first-order chi connectivity index (χ1) is 12.9. The molecule has 0 bridgehead atoms. The Morgan fingerprint density at radius 2 is 2.19 bits per heavy atom. The number of carbonyl (C=O) groups is 1. The third-order valence-corrected chi connectivity index (χ3v) is 6.17. The normalized spacial score (nSPS) is 16.6. The van der Waals surface area contributed by atoms with Gasteiger partial charge in [0.25, 0.3) is 5.91 Å². The van der Waals surface area contributed by atoms with Crippen LogP contribution in [0.15, 0.2) is 35.4 Å². The number of hydrogen-bond acceptors (Lipinski definition) is 4. The Labute approximate surface area is 167 Å². The van der Waals surface area contributed by atoms with Crippen molar-refractivity contribution in [3.05, 3.63) is 52.3 Å². The number of aromatic nitrogens is 3. The van der Waals surface area contributed by atoms with E-state index in [1.165, 1.54) is 4.90 Å². The molecule has 1 N–H and O–H groups in total. The van der Waals surface area contributed by atoms with E-state index in [1.54, 1.807) is 18.0 Å². The van der Waals surface area contributed by atoms with Gasteiger partial charge in [0, 0.05) is 27.1 Å². The summed E-state index contributed by atoms with van der Waals surface area (Å²) in [5.41, 5.74) is 3.20. The van der Waals surface area contributed by atoms with Gasteiger partial charge >= 0.3 is 0 Å². The number of fused-ring (bicyclic) bond motifs is 2. The molecule has 0 radical (unpaired) electrons. The molecule has 0 spiro atoms. The van der Waals surface area contributed by atoms with Crippen molar-refractivity contribution in [2.75, 3.05) is 5.75 Å². The number of nitrogens with zero attached hydrogens (tertiary/aromatic N) is 3. The van der Waals surface area contributed by atoms with Crippen LogP contribution in [-0.2, 0) is 0 Å². The molecule has 3 aromatic rings. The molecule has 4 rings (SSSR count). The van der Waals surface area contributed by atoms with E-state index in [0.717, 1.165) is 28.8 Å². The predicted octanol–water partition coefficient (Wildman–Crippen LogP) is 4.94. The minimum Gasteiger partial charge on any atom is -0.345 e. The van der Waals surface area contributed by atoms with E-state index in [4.69, 9.17) is 11.6 Å². The first kappa shape index (κ1) is 18.3. The maximum Gasteiger partial charge on any atom is 0.253 e. The number of halogens is 1.